The lowest BCUT2D eigenvalue weighted by molar-refractivity contribution is -0.253. The van der Waals surface area contributed by atoms with E-state index in [1.165, 1.54) is 0 Å². The molecule has 10 heteroatoms. The molecule has 10 nitrogen and oxygen atoms in total. The van der Waals surface area contributed by atoms with Crippen LogP contribution < -0.4 is 10.8 Å². The molecule has 1 aliphatic rings. The Morgan fingerprint density at radius 1 is 0.870 bits per heavy atom. The molecule has 3 aromatic rings. The number of rotatable bonds is 16. The average Bonchev–Trinajstić information content (AvgIpc) is 3.10. The predicted molar refractivity (Wildman–Crippen MR) is 173 cm³/mol. The molecule has 0 unspecified atom stereocenters. The summed E-state index contributed by atoms with van der Waals surface area (Å²) < 4.78 is 13.0. The van der Waals surface area contributed by atoms with Crippen LogP contribution in [-0.2, 0) is 32.2 Å². The lowest BCUT2D eigenvalue weighted by Gasteiger charge is -2.39. The van der Waals surface area contributed by atoms with Gasteiger partial charge in [-0.05, 0) is 49.1 Å². The maximum Gasteiger partial charge on any atom is 0.243 e. The molecule has 0 spiro atoms. The van der Waals surface area contributed by atoms with Gasteiger partial charge >= 0.3 is 0 Å². The van der Waals surface area contributed by atoms with Crippen molar-refractivity contribution in [3.63, 3.8) is 0 Å². The number of nitrogens with zero attached hydrogens (tertiary/aromatic N) is 1. The highest BCUT2D eigenvalue weighted by Gasteiger charge is 2.34. The van der Waals surface area contributed by atoms with Crippen LogP contribution in [0.3, 0.4) is 0 Å². The summed E-state index contributed by atoms with van der Waals surface area (Å²) >= 11 is 0. The molecular formula is C36H47N3O7. The number of hydrogen-bond acceptors (Lipinski definition) is 8. The van der Waals surface area contributed by atoms with Gasteiger partial charge in [-0.25, -0.2) is 5.48 Å². The minimum absolute atomic E-state index is 0.0229. The predicted octanol–water partition coefficient (Wildman–Crippen LogP) is 4.85. The molecule has 1 fully saturated rings. The van der Waals surface area contributed by atoms with E-state index < -0.39 is 18.3 Å². The van der Waals surface area contributed by atoms with Gasteiger partial charge in [-0.3, -0.25) is 19.7 Å². The molecule has 3 aromatic carbocycles. The van der Waals surface area contributed by atoms with Gasteiger partial charge in [-0.2, -0.15) is 0 Å². The molecule has 5 atom stereocenters. The molecule has 0 bridgehead atoms. The Bertz CT molecular complexity index is 1350. The number of aliphatic hydroxyl groups is 2. The van der Waals surface area contributed by atoms with E-state index in [0.717, 1.165) is 34.2 Å². The summed E-state index contributed by atoms with van der Waals surface area (Å²) in [7, 11) is 1.99. The maximum atomic E-state index is 12.3. The summed E-state index contributed by atoms with van der Waals surface area (Å²) in [5.74, 6) is -0.469. The fraction of sp³-hybridized carbons (Fsp3) is 0.444. The Balaban J connectivity index is 1.37. The van der Waals surface area contributed by atoms with Gasteiger partial charge in [0.05, 0.1) is 24.9 Å². The summed E-state index contributed by atoms with van der Waals surface area (Å²) in [6, 6.07) is 25.1. The zero-order valence-corrected chi connectivity index (χ0v) is 26.7. The largest absolute Gasteiger partial charge is 0.392 e. The summed E-state index contributed by atoms with van der Waals surface area (Å²) in [4.78, 5) is 25.5. The van der Waals surface area contributed by atoms with Gasteiger partial charge in [0.1, 0.15) is 0 Å². The van der Waals surface area contributed by atoms with E-state index in [4.69, 9.17) is 14.7 Å². The van der Waals surface area contributed by atoms with Crippen LogP contribution in [0.2, 0.25) is 0 Å². The third-order valence-corrected chi connectivity index (χ3v) is 8.57. The lowest BCUT2D eigenvalue weighted by Crippen LogP contribution is -2.43. The molecule has 0 aliphatic carbocycles. The van der Waals surface area contributed by atoms with Gasteiger partial charge < -0.3 is 25.0 Å². The Kier molecular flexibility index (Phi) is 13.7. The van der Waals surface area contributed by atoms with Gasteiger partial charge in [-0.15, -0.1) is 0 Å². The highest BCUT2D eigenvalue weighted by atomic mass is 16.7. The lowest BCUT2D eigenvalue weighted by atomic mass is 9.98. The van der Waals surface area contributed by atoms with E-state index in [2.05, 4.69) is 10.2 Å². The SMILES string of the molecule is C[C@@H]([C@H](O)c1ccccc1)N(C)C[C@H]1C[C@@H](c2ccc(CO)cc2)O[C@@H](c2ccc(CNC(=O)CCCCCC(=O)NO)cc2)O1. The van der Waals surface area contributed by atoms with Crippen molar-refractivity contribution < 1.29 is 34.5 Å². The van der Waals surface area contributed by atoms with Crippen LogP contribution in [0.5, 0.6) is 0 Å². The zero-order chi connectivity index (χ0) is 32.9. The number of likely N-dealkylation sites (N-methyl/N-ethyl adjacent to an activating group) is 1. The molecular weight excluding hydrogens is 586 g/mol. The van der Waals surface area contributed by atoms with Crippen molar-refractivity contribution in [2.45, 2.75) is 89.2 Å². The first-order valence-electron chi connectivity index (χ1n) is 16.0. The number of benzene rings is 3. The number of amides is 2. The van der Waals surface area contributed by atoms with Crippen LogP contribution in [0.25, 0.3) is 0 Å². The van der Waals surface area contributed by atoms with Crippen LogP contribution in [0.1, 0.15) is 91.8 Å². The number of hydroxylamine groups is 1. The van der Waals surface area contributed by atoms with Gasteiger partial charge in [0.15, 0.2) is 6.29 Å². The van der Waals surface area contributed by atoms with Crippen molar-refractivity contribution in [2.75, 3.05) is 13.6 Å². The number of carbonyl (C=O) groups is 2. The smallest absolute Gasteiger partial charge is 0.243 e. The number of aliphatic hydroxyl groups excluding tert-OH is 2. The first-order valence-corrected chi connectivity index (χ1v) is 16.0. The quantitative estimate of drug-likeness (QED) is 0.0857. The second kappa shape index (κ2) is 17.9. The van der Waals surface area contributed by atoms with Crippen LogP contribution in [0.15, 0.2) is 78.9 Å². The number of carbonyl (C=O) groups excluding carboxylic acids is 2. The van der Waals surface area contributed by atoms with E-state index in [0.29, 0.717) is 38.8 Å². The summed E-state index contributed by atoms with van der Waals surface area (Å²) in [6.07, 6.45) is 1.61. The van der Waals surface area contributed by atoms with Crippen molar-refractivity contribution in [1.29, 1.82) is 0 Å². The van der Waals surface area contributed by atoms with Crippen LogP contribution in [0.4, 0.5) is 0 Å². The van der Waals surface area contributed by atoms with Crippen molar-refractivity contribution >= 4 is 11.8 Å². The number of nitrogens with one attached hydrogen (secondary N) is 2. The van der Waals surface area contributed by atoms with E-state index >= 15 is 0 Å². The minimum atomic E-state index is -0.642. The number of unbranched alkanes of at least 4 members (excludes halogenated alkanes) is 2. The fourth-order valence-electron chi connectivity index (χ4n) is 5.58. The molecule has 46 heavy (non-hydrogen) atoms. The van der Waals surface area contributed by atoms with Crippen molar-refractivity contribution in [3.05, 3.63) is 107 Å². The molecule has 2 amide bonds. The van der Waals surface area contributed by atoms with Crippen LogP contribution >= 0.6 is 0 Å². The third kappa shape index (κ3) is 10.4. The van der Waals surface area contributed by atoms with Crippen molar-refractivity contribution in [2.24, 2.45) is 0 Å². The molecule has 0 saturated carbocycles. The molecule has 5 N–H and O–H groups in total. The molecule has 248 valence electrons. The fourth-order valence-corrected chi connectivity index (χ4v) is 5.58. The minimum Gasteiger partial charge on any atom is -0.392 e. The van der Waals surface area contributed by atoms with Gasteiger partial charge in [0.25, 0.3) is 0 Å². The average molecular weight is 634 g/mol. The maximum absolute atomic E-state index is 12.3. The van der Waals surface area contributed by atoms with Crippen LogP contribution in [-0.4, -0.2) is 57.9 Å². The Morgan fingerprint density at radius 2 is 1.50 bits per heavy atom. The van der Waals surface area contributed by atoms with Crippen molar-refractivity contribution in [3.8, 4) is 0 Å². The highest BCUT2D eigenvalue weighted by molar-refractivity contribution is 5.76. The third-order valence-electron chi connectivity index (χ3n) is 8.57. The van der Waals surface area contributed by atoms with E-state index in [1.54, 1.807) is 5.48 Å². The first-order chi connectivity index (χ1) is 22.3. The standard InChI is InChI=1S/C36H47N3O7/c1-25(35(43)29-9-5-3-6-10-29)39(2)23-31-21-32(28-17-15-27(24-40)16-18-28)46-36(45-31)30-19-13-26(14-20-30)22-37-33(41)11-7-4-8-12-34(42)38-44/h3,5-6,9-10,13-20,25,31-32,35-36,40,43-44H,4,7-8,11-12,21-24H2,1-2H3,(H,37,41)(H,38,42)/t25-,31+,32-,35-,36-/m0/s1. The van der Waals surface area contributed by atoms with Crippen molar-refractivity contribution in [1.82, 2.24) is 15.7 Å². The van der Waals surface area contributed by atoms with E-state index in [1.807, 2.05) is 92.8 Å². The van der Waals surface area contributed by atoms with E-state index in [9.17, 15) is 19.8 Å². The van der Waals surface area contributed by atoms with E-state index in [-0.39, 0.29) is 37.2 Å². The molecule has 1 saturated heterocycles. The monoisotopic (exact) mass is 633 g/mol. The molecule has 0 radical (unpaired) electrons. The highest BCUT2D eigenvalue weighted by Crippen LogP contribution is 2.38. The van der Waals surface area contributed by atoms with Gasteiger partial charge in [-0.1, -0.05) is 85.3 Å². The summed E-state index contributed by atoms with van der Waals surface area (Å²) in [5.41, 5.74) is 6.14. The molecule has 0 aromatic heterocycles. The number of hydrogen-bond donors (Lipinski definition) is 5. The van der Waals surface area contributed by atoms with Crippen LogP contribution in [0, 0.1) is 0 Å². The zero-order valence-electron chi connectivity index (χ0n) is 26.7. The second-order valence-electron chi connectivity index (χ2n) is 12.0. The number of ether oxygens (including phenoxy) is 2. The molecule has 4 rings (SSSR count). The van der Waals surface area contributed by atoms with Gasteiger partial charge in [0.2, 0.25) is 11.8 Å². The van der Waals surface area contributed by atoms with Gasteiger partial charge in [0, 0.05) is 44.0 Å². The summed E-state index contributed by atoms with van der Waals surface area (Å²) in [5, 5.41) is 32.0. The Labute approximate surface area is 271 Å². The Hall–Kier alpha value is -3.64. The summed E-state index contributed by atoms with van der Waals surface area (Å²) in [6.45, 7) is 2.98. The first kappa shape index (κ1) is 35.2. The second-order valence-corrected chi connectivity index (χ2v) is 12.0. The Morgan fingerprint density at radius 3 is 2.15 bits per heavy atom. The topological polar surface area (TPSA) is 141 Å². The molecule has 1 heterocycles. The normalized spacial score (nSPS) is 19.4. The molecule has 1 aliphatic heterocycles.